The third-order valence-electron chi connectivity index (χ3n) is 21.5. The van der Waals surface area contributed by atoms with Crippen LogP contribution in [0.3, 0.4) is 0 Å². The highest BCUT2D eigenvalue weighted by atomic mass is 32.1. The molecule has 0 saturated heterocycles. The molecule has 0 saturated carbocycles. The molecule has 0 fully saturated rings. The number of ketones is 2. The molecule has 4 aliphatic rings. The molecule has 13 rings (SSSR count). The van der Waals surface area contributed by atoms with Gasteiger partial charge in [-0.05, 0) is 173 Å². The number of allylic oxidation sites excluding steroid dienone is 4. The van der Waals surface area contributed by atoms with Crippen molar-refractivity contribution in [2.45, 2.75) is 173 Å². The first-order valence-electron chi connectivity index (χ1n) is 35.4. The van der Waals surface area contributed by atoms with E-state index in [9.17, 15) is 30.6 Å². The molecule has 9 aromatic rings. The highest BCUT2D eigenvalue weighted by Gasteiger charge is 2.51. The summed E-state index contributed by atoms with van der Waals surface area (Å²) in [5.74, 6) is -1.97. The summed E-state index contributed by atoms with van der Waals surface area (Å²) in [6.07, 6.45) is 20.2. The molecule has 4 aliphatic carbocycles. The molecule has 2 aromatic heterocycles. The Bertz CT molecular complexity index is 4800. The largest absolute Gasteiger partial charge is 0.289 e. The minimum absolute atomic E-state index is 0.0668. The minimum Gasteiger partial charge on any atom is -0.289 e. The Hall–Kier alpha value is -9.54. The van der Waals surface area contributed by atoms with E-state index in [2.05, 4.69) is 201 Å². The van der Waals surface area contributed by atoms with Gasteiger partial charge < -0.3 is 0 Å². The van der Waals surface area contributed by atoms with Gasteiger partial charge in [-0.1, -0.05) is 254 Å². The molecule has 2 heterocycles. The molecule has 0 spiro atoms. The Morgan fingerprint density at radius 3 is 1.47 bits per heavy atom. The van der Waals surface area contributed by atoms with Crippen molar-refractivity contribution in [3.63, 3.8) is 0 Å². The molecule has 0 bridgehead atoms. The predicted molar refractivity (Wildman–Crippen MR) is 403 cm³/mol. The topological polar surface area (TPSA) is 129 Å². The van der Waals surface area contributed by atoms with Crippen molar-refractivity contribution in [2.24, 2.45) is 5.92 Å². The average Bonchev–Trinajstić information content (AvgIpc) is 1.51. The van der Waals surface area contributed by atoms with Gasteiger partial charge in [-0.25, -0.2) is 0 Å². The third kappa shape index (κ3) is 11.9. The number of hydrogen-bond acceptors (Lipinski definition) is 8. The highest BCUT2D eigenvalue weighted by molar-refractivity contribution is 7.16. The molecule has 0 N–H and O–H groups in total. The first-order chi connectivity index (χ1) is 47.4. The number of hydrogen-bond donors (Lipinski definition) is 0. The second kappa shape index (κ2) is 27.4. The van der Waals surface area contributed by atoms with Gasteiger partial charge in [0, 0.05) is 58.7 Å². The van der Waals surface area contributed by atoms with Gasteiger partial charge in [-0.3, -0.25) is 9.59 Å². The number of nitrogens with zero attached hydrogens (tertiary/aromatic N) is 4. The fourth-order valence-electron chi connectivity index (χ4n) is 16.4. The lowest BCUT2D eigenvalue weighted by atomic mass is 9.66. The lowest BCUT2D eigenvalue weighted by Gasteiger charge is -2.36. The van der Waals surface area contributed by atoms with E-state index in [0.29, 0.717) is 33.4 Å². The Kier molecular flexibility index (Phi) is 18.7. The van der Waals surface area contributed by atoms with Gasteiger partial charge in [0.15, 0.2) is 11.6 Å². The van der Waals surface area contributed by atoms with Crippen LogP contribution in [0.2, 0.25) is 0 Å². The monoisotopic (exact) mass is 1320 g/mol. The zero-order chi connectivity index (χ0) is 68.7. The number of carbonyl (C=O) groups excluding carboxylic acids is 2. The predicted octanol–water partition coefficient (Wildman–Crippen LogP) is 24.0. The van der Waals surface area contributed by atoms with Crippen molar-refractivity contribution < 1.29 is 9.59 Å². The van der Waals surface area contributed by atoms with Gasteiger partial charge in [-0.2, -0.15) is 21.0 Å². The zero-order valence-electron chi connectivity index (χ0n) is 57.8. The van der Waals surface area contributed by atoms with Crippen LogP contribution in [0.1, 0.15) is 237 Å². The van der Waals surface area contributed by atoms with Gasteiger partial charge >= 0.3 is 0 Å². The van der Waals surface area contributed by atoms with Crippen LogP contribution in [0.15, 0.2) is 187 Å². The molecule has 6 nitrogen and oxygen atoms in total. The van der Waals surface area contributed by atoms with Crippen LogP contribution in [0.5, 0.6) is 0 Å². The van der Waals surface area contributed by atoms with Crippen LogP contribution in [0.4, 0.5) is 0 Å². The maximum atomic E-state index is 14.2. The summed E-state index contributed by atoms with van der Waals surface area (Å²) >= 11 is 3.26. The van der Waals surface area contributed by atoms with E-state index in [4.69, 9.17) is 0 Å². The number of unbranched alkanes of at least 4 members (excludes halogenated alkanes) is 10. The van der Waals surface area contributed by atoms with Gasteiger partial charge in [0.25, 0.3) is 0 Å². The number of Topliss-reactive ketones (excluding diaryl/α,β-unsaturated/α-hetero) is 2. The Morgan fingerprint density at radius 2 is 0.929 bits per heavy atom. The minimum atomic E-state index is -1.01. The third-order valence-corrected chi connectivity index (χ3v) is 23.6. The molecule has 0 amide bonds. The maximum Gasteiger partial charge on any atom is 0.194 e. The molecule has 0 radical (unpaired) electrons. The number of carbonyl (C=O) groups is 2. The van der Waals surface area contributed by atoms with Crippen molar-refractivity contribution in [3.8, 4) is 67.4 Å². The molecule has 8 heteroatoms. The van der Waals surface area contributed by atoms with Crippen LogP contribution < -0.4 is 0 Å². The van der Waals surface area contributed by atoms with E-state index in [0.717, 1.165) is 61.9 Å². The van der Waals surface area contributed by atoms with Crippen molar-refractivity contribution in [3.05, 3.63) is 263 Å². The van der Waals surface area contributed by atoms with Gasteiger partial charge in [0.1, 0.15) is 23.6 Å². The lowest BCUT2D eigenvalue weighted by molar-refractivity contribution is 0.103. The van der Waals surface area contributed by atoms with Crippen LogP contribution in [-0.4, -0.2) is 11.6 Å². The van der Waals surface area contributed by atoms with Gasteiger partial charge in [0.2, 0.25) is 0 Å². The fourth-order valence-corrected chi connectivity index (χ4v) is 18.3. The normalized spacial score (nSPS) is 16.1. The van der Waals surface area contributed by atoms with Crippen LogP contribution in [0, 0.1) is 51.2 Å². The molecular formula is C90H84N4O2S2. The van der Waals surface area contributed by atoms with Crippen LogP contribution >= 0.6 is 22.7 Å². The number of benzene rings is 7. The summed E-state index contributed by atoms with van der Waals surface area (Å²) < 4.78 is 0. The van der Waals surface area contributed by atoms with Crippen LogP contribution in [-0.2, 0) is 21.7 Å². The van der Waals surface area contributed by atoms with Crippen molar-refractivity contribution in [1.82, 2.24) is 0 Å². The summed E-state index contributed by atoms with van der Waals surface area (Å²) in [6, 6.07) is 70.3. The smallest absolute Gasteiger partial charge is 0.194 e. The first-order valence-corrected chi connectivity index (χ1v) is 37.0. The van der Waals surface area contributed by atoms with Crippen molar-refractivity contribution in [1.29, 1.82) is 21.0 Å². The van der Waals surface area contributed by atoms with Gasteiger partial charge in [0.05, 0.1) is 17.6 Å². The van der Waals surface area contributed by atoms with E-state index in [-0.39, 0.29) is 33.4 Å². The Labute approximate surface area is 588 Å². The maximum absolute atomic E-state index is 14.2. The highest BCUT2D eigenvalue weighted by Crippen LogP contribution is 2.63. The van der Waals surface area contributed by atoms with E-state index >= 15 is 0 Å². The Morgan fingerprint density at radius 1 is 0.469 bits per heavy atom. The molecule has 0 aliphatic heterocycles. The second-order valence-corrected chi connectivity index (χ2v) is 31.8. The standard InChI is InChI=1S/C90H84N4O2S2/c1-9-11-13-15-17-23-45-89(46-24-18-16-14-12-10-2)77-47-57(81-43-39-65(97-81)49-75-83(59(53-91)54-92)69-25-19-21-27-71(69)85(75)95)29-41-67(77)73-52-80-74(51-78(73)89)68-42-30-58(82-44-40-66(98-82)50-76-84(60(55-93)56-94)70-26-20-22-28-72(70)86(76)96)48-79(68)90(80,63-35-31-61(32-36-63)87(3,4)5)64-37-33-62(34-38-64)88(6,7)8/h19-22,25-44,47-52,60,84H,9-18,23-24,45-46H2,1-8H3/b75-49-,76-50-. The summed E-state index contributed by atoms with van der Waals surface area (Å²) in [6.45, 7) is 18.3. The SMILES string of the molecule is CCCCCCCCC1(CCCCCCCC)c2cc(-c3ccc(/C=C4\C(=O)c5ccccc5C4=C(C#N)C#N)s3)ccc2-c2cc3c(cc21)-c1ccc(-c2ccc(/C=C4\C(=O)c5ccccc5C4C(C#N)C#N)s2)cc1C3(c1ccc(C(C)(C)C)cc1)c1ccc(C(C)(C)C)cc1. The zero-order valence-corrected chi connectivity index (χ0v) is 59.4. The fraction of sp³-hybridized carbons (Fsp3) is 0.311. The quantitative estimate of drug-likeness (QED) is 0.0400. The molecule has 98 heavy (non-hydrogen) atoms. The van der Waals surface area contributed by atoms with Crippen molar-refractivity contribution >= 4 is 52.0 Å². The molecular weight excluding hydrogens is 1230 g/mol. The van der Waals surface area contributed by atoms with Crippen LogP contribution in [0.25, 0.3) is 60.9 Å². The average molecular weight is 1320 g/mol. The number of nitriles is 4. The first kappa shape index (κ1) is 67.0. The molecule has 7 aromatic carbocycles. The second-order valence-electron chi connectivity index (χ2n) is 29.5. The van der Waals surface area contributed by atoms with Crippen molar-refractivity contribution in [2.75, 3.05) is 0 Å². The number of rotatable bonds is 21. The lowest BCUT2D eigenvalue weighted by Crippen LogP contribution is -2.29. The van der Waals surface area contributed by atoms with E-state index in [1.807, 2.05) is 48.6 Å². The molecule has 488 valence electrons. The van der Waals surface area contributed by atoms with Gasteiger partial charge in [-0.15, -0.1) is 22.7 Å². The number of thiophene rings is 2. The summed E-state index contributed by atoms with van der Waals surface area (Å²) in [5, 5.41) is 40.8. The summed E-state index contributed by atoms with van der Waals surface area (Å²) in [5.41, 5.74) is 19.8. The summed E-state index contributed by atoms with van der Waals surface area (Å²) in [7, 11) is 0. The van der Waals surface area contributed by atoms with E-state index in [1.54, 1.807) is 34.8 Å². The molecule has 1 atom stereocenters. The van der Waals surface area contributed by atoms with E-state index < -0.39 is 17.3 Å². The molecule has 1 unspecified atom stereocenters. The summed E-state index contributed by atoms with van der Waals surface area (Å²) in [4.78, 5) is 32.3. The Balaban J connectivity index is 1.01. The number of fused-ring (bicyclic) bond motifs is 8. The van der Waals surface area contributed by atoms with E-state index in [1.165, 1.54) is 131 Å².